The molecule has 8 nitrogen and oxygen atoms in total. The van der Waals surface area contributed by atoms with E-state index in [9.17, 15) is 23.1 Å². The fourth-order valence-electron chi connectivity index (χ4n) is 2.93. The van der Waals surface area contributed by atoms with Crippen LogP contribution in [0.5, 0.6) is 5.75 Å². The molecule has 2 aromatic carbocycles. The van der Waals surface area contributed by atoms with E-state index in [1.54, 1.807) is 26.0 Å². The molecule has 0 aliphatic rings. The third-order valence-electron chi connectivity index (χ3n) is 4.62. The van der Waals surface area contributed by atoms with Gasteiger partial charge in [-0.3, -0.25) is 4.79 Å². The molecule has 0 aliphatic heterocycles. The zero-order valence-corrected chi connectivity index (χ0v) is 18.0. The number of phenolic OH excluding ortho intramolecular Hbond substituents is 1. The van der Waals surface area contributed by atoms with Crippen LogP contribution >= 0.6 is 0 Å². The zero-order chi connectivity index (χ0) is 22.3. The Labute approximate surface area is 176 Å². The summed E-state index contributed by atoms with van der Waals surface area (Å²) in [5.41, 5.74) is 0.875. The lowest BCUT2D eigenvalue weighted by molar-refractivity contribution is -0.116. The molecule has 162 valence electrons. The van der Waals surface area contributed by atoms with Gasteiger partial charge in [-0.05, 0) is 36.2 Å². The molecule has 1 amide bonds. The van der Waals surface area contributed by atoms with Gasteiger partial charge >= 0.3 is 5.97 Å². The number of para-hydroxylation sites is 1. The molecular weight excluding hydrogens is 408 g/mol. The first-order valence-corrected chi connectivity index (χ1v) is 11.0. The minimum atomic E-state index is -3.52. The normalized spacial score (nSPS) is 11.3. The van der Waals surface area contributed by atoms with Crippen molar-refractivity contribution in [3.05, 3.63) is 53.6 Å². The highest BCUT2D eigenvalue weighted by Crippen LogP contribution is 2.28. The molecule has 0 bridgehead atoms. The highest BCUT2D eigenvalue weighted by molar-refractivity contribution is 7.89. The van der Waals surface area contributed by atoms with Crippen LogP contribution in [0.15, 0.2) is 47.4 Å². The summed E-state index contributed by atoms with van der Waals surface area (Å²) >= 11 is 0. The fraction of sp³-hybridized carbons (Fsp3) is 0.333. The van der Waals surface area contributed by atoms with Crippen LogP contribution in [-0.2, 0) is 26.0 Å². The molecule has 0 aliphatic carbocycles. The second-order valence-electron chi connectivity index (χ2n) is 6.47. The van der Waals surface area contributed by atoms with Gasteiger partial charge in [-0.2, -0.15) is 4.31 Å². The van der Waals surface area contributed by atoms with Crippen LogP contribution in [0, 0.1) is 0 Å². The van der Waals surface area contributed by atoms with Crippen molar-refractivity contribution in [1.29, 1.82) is 0 Å². The number of hydrogen-bond acceptors (Lipinski definition) is 6. The topological polar surface area (TPSA) is 113 Å². The number of aryl methyl sites for hydroxylation is 1. The summed E-state index contributed by atoms with van der Waals surface area (Å²) in [7, 11) is -2.32. The summed E-state index contributed by atoms with van der Waals surface area (Å²) in [6.45, 7) is 4.36. The van der Waals surface area contributed by atoms with Gasteiger partial charge in [-0.1, -0.05) is 32.0 Å². The number of nitrogens with zero attached hydrogens (tertiary/aromatic N) is 1. The van der Waals surface area contributed by atoms with Gasteiger partial charge in [0.15, 0.2) is 5.75 Å². The largest absolute Gasteiger partial charge is 0.505 e. The standard InChI is InChI=1S/C21H26N2O6S/c1-4-23(5-2)30(27,28)16-12-9-15(10-13-16)11-14-19(24)22-18-8-6-7-17(20(18)25)21(26)29-3/h6-10,12-13,25H,4-5,11,14H2,1-3H3,(H,22,24). The Kier molecular flexibility index (Phi) is 7.96. The van der Waals surface area contributed by atoms with Crippen LogP contribution in [-0.4, -0.2) is 49.9 Å². The van der Waals surface area contributed by atoms with E-state index in [0.717, 1.165) is 5.56 Å². The van der Waals surface area contributed by atoms with Crippen molar-refractivity contribution in [1.82, 2.24) is 4.31 Å². The number of amides is 1. The Bertz CT molecular complexity index is 999. The van der Waals surface area contributed by atoms with Crippen molar-refractivity contribution >= 4 is 27.6 Å². The van der Waals surface area contributed by atoms with E-state index < -0.39 is 16.0 Å². The van der Waals surface area contributed by atoms with Crippen LogP contribution in [0.3, 0.4) is 0 Å². The van der Waals surface area contributed by atoms with Crippen molar-refractivity contribution in [3.63, 3.8) is 0 Å². The molecule has 9 heteroatoms. The van der Waals surface area contributed by atoms with E-state index in [4.69, 9.17) is 0 Å². The second kappa shape index (κ2) is 10.2. The molecule has 0 fully saturated rings. The number of hydrogen-bond donors (Lipinski definition) is 2. The number of phenols is 1. The number of nitrogens with one attached hydrogen (secondary N) is 1. The van der Waals surface area contributed by atoms with Crippen LogP contribution in [0.1, 0.15) is 36.2 Å². The van der Waals surface area contributed by atoms with Gasteiger partial charge < -0.3 is 15.2 Å². The summed E-state index contributed by atoms with van der Waals surface area (Å²) in [5, 5.41) is 12.7. The summed E-state index contributed by atoms with van der Waals surface area (Å²) in [5.74, 6) is -1.42. The van der Waals surface area contributed by atoms with Gasteiger partial charge in [0.2, 0.25) is 15.9 Å². The molecule has 2 N–H and O–H groups in total. The van der Waals surface area contributed by atoms with Gasteiger partial charge in [0.25, 0.3) is 0 Å². The Balaban J connectivity index is 2.02. The minimum Gasteiger partial charge on any atom is -0.505 e. The van der Waals surface area contributed by atoms with Gasteiger partial charge in [0, 0.05) is 19.5 Å². The second-order valence-corrected chi connectivity index (χ2v) is 8.41. The minimum absolute atomic E-state index is 0.0414. The molecule has 0 unspecified atom stereocenters. The molecule has 0 radical (unpaired) electrons. The average molecular weight is 435 g/mol. The van der Waals surface area contributed by atoms with Crippen molar-refractivity contribution in [2.45, 2.75) is 31.6 Å². The third-order valence-corrected chi connectivity index (χ3v) is 6.69. The molecule has 0 saturated heterocycles. The first kappa shape index (κ1) is 23.4. The highest BCUT2D eigenvalue weighted by Gasteiger charge is 2.21. The number of aromatic hydroxyl groups is 1. The number of methoxy groups -OCH3 is 1. The van der Waals surface area contributed by atoms with Crippen molar-refractivity contribution in [2.24, 2.45) is 0 Å². The number of sulfonamides is 1. The Morgan fingerprint density at radius 1 is 1.07 bits per heavy atom. The maximum absolute atomic E-state index is 12.5. The monoisotopic (exact) mass is 434 g/mol. The van der Waals surface area contributed by atoms with Crippen molar-refractivity contribution in [3.8, 4) is 5.75 Å². The van der Waals surface area contributed by atoms with Crippen LogP contribution in [0.2, 0.25) is 0 Å². The smallest absolute Gasteiger partial charge is 0.341 e. The number of ether oxygens (including phenoxy) is 1. The first-order chi connectivity index (χ1) is 14.2. The summed E-state index contributed by atoms with van der Waals surface area (Å²) < 4.78 is 31.0. The summed E-state index contributed by atoms with van der Waals surface area (Å²) in [6, 6.07) is 10.8. The number of anilines is 1. The lowest BCUT2D eigenvalue weighted by Gasteiger charge is -2.18. The lowest BCUT2D eigenvalue weighted by Crippen LogP contribution is -2.30. The Morgan fingerprint density at radius 2 is 1.70 bits per heavy atom. The van der Waals surface area contributed by atoms with E-state index in [2.05, 4.69) is 10.1 Å². The molecule has 2 rings (SSSR count). The van der Waals surface area contributed by atoms with E-state index in [0.29, 0.717) is 19.5 Å². The average Bonchev–Trinajstić information content (AvgIpc) is 2.74. The number of esters is 1. The Morgan fingerprint density at radius 3 is 2.27 bits per heavy atom. The molecule has 30 heavy (non-hydrogen) atoms. The van der Waals surface area contributed by atoms with Gasteiger partial charge in [0.1, 0.15) is 5.56 Å². The number of carbonyl (C=O) groups is 2. The summed E-state index contributed by atoms with van der Waals surface area (Å²) in [4.78, 5) is 24.1. The van der Waals surface area contributed by atoms with Crippen molar-refractivity contribution in [2.75, 3.05) is 25.5 Å². The SMILES string of the molecule is CCN(CC)S(=O)(=O)c1ccc(CCC(=O)Nc2cccc(C(=O)OC)c2O)cc1. The number of benzene rings is 2. The van der Waals surface area contributed by atoms with E-state index >= 15 is 0 Å². The lowest BCUT2D eigenvalue weighted by atomic mass is 10.1. The molecular formula is C21H26N2O6S. The fourth-order valence-corrected chi connectivity index (χ4v) is 4.39. The zero-order valence-electron chi connectivity index (χ0n) is 17.2. The van der Waals surface area contributed by atoms with Crippen LogP contribution in [0.4, 0.5) is 5.69 Å². The van der Waals surface area contributed by atoms with Gasteiger partial charge in [-0.15, -0.1) is 0 Å². The molecule has 0 aromatic heterocycles. The third kappa shape index (κ3) is 5.37. The maximum atomic E-state index is 12.5. The first-order valence-electron chi connectivity index (χ1n) is 9.53. The number of carbonyl (C=O) groups excluding carboxylic acids is 2. The molecule has 2 aromatic rings. The van der Waals surface area contributed by atoms with Gasteiger partial charge in [-0.25, -0.2) is 13.2 Å². The predicted octanol–water partition coefficient (Wildman–Crippen LogP) is 2.78. The highest BCUT2D eigenvalue weighted by atomic mass is 32.2. The van der Waals surface area contributed by atoms with E-state index in [1.807, 2.05) is 0 Å². The molecule has 0 spiro atoms. The van der Waals surface area contributed by atoms with Crippen LogP contribution < -0.4 is 5.32 Å². The van der Waals surface area contributed by atoms with Gasteiger partial charge in [0.05, 0.1) is 17.7 Å². The predicted molar refractivity (Wildman–Crippen MR) is 113 cm³/mol. The maximum Gasteiger partial charge on any atom is 0.341 e. The van der Waals surface area contributed by atoms with Crippen LogP contribution in [0.25, 0.3) is 0 Å². The van der Waals surface area contributed by atoms with Crippen molar-refractivity contribution < 1.29 is 27.9 Å². The molecule has 0 heterocycles. The number of rotatable bonds is 9. The van der Waals surface area contributed by atoms with E-state index in [-0.39, 0.29) is 34.2 Å². The quantitative estimate of drug-likeness (QED) is 0.463. The summed E-state index contributed by atoms with van der Waals surface area (Å²) in [6.07, 6.45) is 0.499. The molecule has 0 saturated carbocycles. The molecule has 0 atom stereocenters. The Hall–Kier alpha value is -2.91. The van der Waals surface area contributed by atoms with E-state index in [1.165, 1.54) is 41.7 Å².